The highest BCUT2D eigenvalue weighted by atomic mass is 32.1. The molecule has 26 heavy (non-hydrogen) atoms. The fourth-order valence-corrected chi connectivity index (χ4v) is 5.05. The number of nitrogens with zero attached hydrogens (tertiary/aromatic N) is 3. The van der Waals surface area contributed by atoms with Gasteiger partial charge in [-0.05, 0) is 45.7 Å². The van der Waals surface area contributed by atoms with Crippen LogP contribution in [0.5, 0.6) is 0 Å². The predicted molar refractivity (Wildman–Crippen MR) is 104 cm³/mol. The first-order valence-corrected chi connectivity index (χ1v) is 10.1. The summed E-state index contributed by atoms with van der Waals surface area (Å²) in [6, 6.07) is 0. The number of fused-ring (bicyclic) bond motifs is 1. The average Bonchev–Trinajstić information content (AvgIpc) is 3.21. The third-order valence-corrected chi connectivity index (χ3v) is 6.90. The molecule has 1 fully saturated rings. The lowest BCUT2D eigenvalue weighted by Gasteiger charge is -2.20. The van der Waals surface area contributed by atoms with Crippen molar-refractivity contribution >= 4 is 38.7 Å². The van der Waals surface area contributed by atoms with Crippen LogP contribution in [-0.2, 0) is 0 Å². The average molecular weight is 390 g/mol. The molecular formula is C17H19N5O2S2. The van der Waals surface area contributed by atoms with Gasteiger partial charge in [-0.15, -0.1) is 22.7 Å². The molecule has 0 radical (unpaired) electrons. The van der Waals surface area contributed by atoms with Crippen molar-refractivity contribution in [3.05, 3.63) is 43.8 Å². The molecule has 0 aromatic carbocycles. The lowest BCUT2D eigenvalue weighted by molar-refractivity contribution is 0.102. The Morgan fingerprint density at radius 2 is 2.00 bits per heavy atom. The molecule has 3 aromatic rings. The molecule has 1 saturated heterocycles. The molecule has 1 aliphatic heterocycles. The van der Waals surface area contributed by atoms with Crippen molar-refractivity contribution in [2.45, 2.75) is 32.6 Å². The zero-order valence-electron chi connectivity index (χ0n) is 14.5. The molecule has 1 amide bonds. The third kappa shape index (κ3) is 3.06. The van der Waals surface area contributed by atoms with E-state index in [2.05, 4.69) is 20.6 Å². The third-order valence-electron chi connectivity index (χ3n) is 4.75. The molecule has 136 valence electrons. The van der Waals surface area contributed by atoms with Crippen LogP contribution < -0.4 is 16.2 Å². The van der Waals surface area contributed by atoms with Crippen LogP contribution >= 0.6 is 22.7 Å². The summed E-state index contributed by atoms with van der Waals surface area (Å²) in [5.74, 6) is 0.0193. The number of anilines is 1. The van der Waals surface area contributed by atoms with Crippen LogP contribution in [0.4, 0.5) is 5.13 Å². The molecule has 0 saturated carbocycles. The van der Waals surface area contributed by atoms with Crippen molar-refractivity contribution < 1.29 is 4.79 Å². The van der Waals surface area contributed by atoms with Crippen molar-refractivity contribution in [2.75, 3.05) is 18.4 Å². The normalized spacial score (nSPS) is 15.5. The number of thiazole rings is 2. The molecule has 2 N–H and O–H groups in total. The highest BCUT2D eigenvalue weighted by Crippen LogP contribution is 2.31. The van der Waals surface area contributed by atoms with E-state index in [9.17, 15) is 9.59 Å². The van der Waals surface area contributed by atoms with E-state index in [0.717, 1.165) is 36.5 Å². The Kier molecular flexibility index (Phi) is 4.60. The van der Waals surface area contributed by atoms with Gasteiger partial charge in [0.2, 0.25) is 0 Å². The molecule has 0 atom stereocenters. The van der Waals surface area contributed by atoms with E-state index in [-0.39, 0.29) is 11.1 Å². The molecule has 0 spiro atoms. The summed E-state index contributed by atoms with van der Waals surface area (Å²) in [4.78, 5) is 36.6. The van der Waals surface area contributed by atoms with Crippen LogP contribution in [0.2, 0.25) is 0 Å². The maximum absolute atomic E-state index is 12.7. The molecule has 0 aliphatic carbocycles. The number of rotatable bonds is 3. The van der Waals surface area contributed by atoms with Gasteiger partial charge in [-0.3, -0.25) is 19.3 Å². The second-order valence-electron chi connectivity index (χ2n) is 6.38. The van der Waals surface area contributed by atoms with E-state index in [1.54, 1.807) is 0 Å². The maximum atomic E-state index is 12.7. The fraction of sp³-hybridized carbons (Fsp3) is 0.412. The minimum Gasteiger partial charge on any atom is -0.317 e. The number of hydrogen-bond acceptors (Lipinski definition) is 7. The van der Waals surface area contributed by atoms with E-state index in [1.807, 2.05) is 20.0 Å². The molecule has 9 heteroatoms. The number of carbonyl (C=O) groups is 1. The zero-order valence-corrected chi connectivity index (χ0v) is 16.2. The van der Waals surface area contributed by atoms with Crippen LogP contribution in [0, 0.1) is 13.8 Å². The smallest absolute Gasteiger partial charge is 0.271 e. The molecule has 3 aromatic heterocycles. The van der Waals surface area contributed by atoms with E-state index < -0.39 is 5.91 Å². The lowest BCUT2D eigenvalue weighted by atomic mass is 9.97. The largest absolute Gasteiger partial charge is 0.317 e. The molecule has 7 nitrogen and oxygen atoms in total. The summed E-state index contributed by atoms with van der Waals surface area (Å²) in [5.41, 5.74) is 0.506. The summed E-state index contributed by atoms with van der Waals surface area (Å²) in [5, 5.41) is 6.62. The number of nitrogens with one attached hydrogen (secondary N) is 2. The highest BCUT2D eigenvalue weighted by Gasteiger charge is 2.20. The van der Waals surface area contributed by atoms with E-state index in [4.69, 9.17) is 0 Å². The topological polar surface area (TPSA) is 88.4 Å². The summed E-state index contributed by atoms with van der Waals surface area (Å²) < 4.78 is 1.50. The van der Waals surface area contributed by atoms with Gasteiger partial charge < -0.3 is 5.32 Å². The van der Waals surface area contributed by atoms with Crippen LogP contribution in [0.3, 0.4) is 0 Å². The van der Waals surface area contributed by atoms with Crippen molar-refractivity contribution in [3.8, 4) is 0 Å². The molecule has 4 rings (SSSR count). The van der Waals surface area contributed by atoms with Gasteiger partial charge in [-0.1, -0.05) is 0 Å². The number of amides is 1. The first-order chi connectivity index (χ1) is 12.5. The number of piperidine rings is 1. The first-order valence-electron chi connectivity index (χ1n) is 8.50. The van der Waals surface area contributed by atoms with Gasteiger partial charge in [0.1, 0.15) is 5.56 Å². The van der Waals surface area contributed by atoms with Gasteiger partial charge in [-0.25, -0.2) is 9.97 Å². The lowest BCUT2D eigenvalue weighted by Crippen LogP contribution is -2.26. The molecular weight excluding hydrogens is 370 g/mol. The van der Waals surface area contributed by atoms with Gasteiger partial charge in [0.15, 0.2) is 10.1 Å². The monoisotopic (exact) mass is 389 g/mol. The van der Waals surface area contributed by atoms with Gasteiger partial charge in [0.25, 0.3) is 11.5 Å². The fourth-order valence-electron chi connectivity index (χ4n) is 3.14. The van der Waals surface area contributed by atoms with Crippen LogP contribution in [0.15, 0.2) is 17.2 Å². The standard InChI is InChI=1S/C17H19N5O2S2/c1-9-10(2)25-17-20-7-12(15(24)22(9)17)14(23)21-16-19-8-13(26-16)11-3-5-18-6-4-11/h7-8,11,18H,3-6H2,1-2H3,(H,19,21,23). The quantitative estimate of drug-likeness (QED) is 0.719. The second kappa shape index (κ2) is 6.90. The maximum Gasteiger partial charge on any atom is 0.271 e. The number of carbonyl (C=O) groups excluding carboxylic acids is 1. The summed E-state index contributed by atoms with van der Waals surface area (Å²) in [7, 11) is 0. The van der Waals surface area contributed by atoms with Crippen LogP contribution in [-0.4, -0.2) is 33.4 Å². The zero-order chi connectivity index (χ0) is 18.3. The Morgan fingerprint density at radius 1 is 1.23 bits per heavy atom. The Morgan fingerprint density at radius 3 is 2.77 bits per heavy atom. The van der Waals surface area contributed by atoms with E-state index in [1.165, 1.54) is 38.1 Å². The number of aryl methyl sites for hydroxylation is 2. The van der Waals surface area contributed by atoms with Crippen LogP contribution in [0.25, 0.3) is 4.96 Å². The van der Waals surface area contributed by atoms with Crippen molar-refractivity contribution in [1.29, 1.82) is 0 Å². The summed E-state index contributed by atoms with van der Waals surface area (Å²) in [6.07, 6.45) is 5.34. The molecule has 4 heterocycles. The minimum absolute atomic E-state index is 0.0296. The van der Waals surface area contributed by atoms with Gasteiger partial charge in [-0.2, -0.15) is 0 Å². The van der Waals surface area contributed by atoms with E-state index >= 15 is 0 Å². The molecule has 0 unspecified atom stereocenters. The number of hydrogen-bond donors (Lipinski definition) is 2. The highest BCUT2D eigenvalue weighted by molar-refractivity contribution is 7.17. The Labute approximate surface area is 158 Å². The van der Waals surface area contributed by atoms with Crippen molar-refractivity contribution in [1.82, 2.24) is 19.7 Å². The first kappa shape index (κ1) is 17.3. The predicted octanol–water partition coefficient (Wildman–Crippen LogP) is 2.55. The minimum atomic E-state index is -0.466. The van der Waals surface area contributed by atoms with Crippen molar-refractivity contribution in [2.24, 2.45) is 0 Å². The Balaban J connectivity index is 1.58. The van der Waals surface area contributed by atoms with E-state index in [0.29, 0.717) is 16.0 Å². The summed E-state index contributed by atoms with van der Waals surface area (Å²) >= 11 is 2.92. The van der Waals surface area contributed by atoms with Gasteiger partial charge in [0, 0.05) is 27.8 Å². The molecule has 1 aliphatic rings. The molecule has 0 bridgehead atoms. The Bertz CT molecular complexity index is 1030. The van der Waals surface area contributed by atoms with Gasteiger partial charge in [0.05, 0.1) is 0 Å². The van der Waals surface area contributed by atoms with Crippen LogP contribution in [0.1, 0.15) is 44.6 Å². The Hall–Kier alpha value is -2.10. The second-order valence-corrected chi connectivity index (χ2v) is 8.63. The SMILES string of the molecule is Cc1sc2ncc(C(=O)Nc3ncc(C4CCNCC4)s3)c(=O)n2c1C. The summed E-state index contributed by atoms with van der Waals surface area (Å²) in [6.45, 7) is 5.81. The van der Waals surface area contributed by atoms with Crippen molar-refractivity contribution in [3.63, 3.8) is 0 Å². The number of aromatic nitrogens is 3. The van der Waals surface area contributed by atoms with Gasteiger partial charge >= 0.3 is 0 Å².